The predicted molar refractivity (Wildman–Crippen MR) is 131 cm³/mol. The average Bonchev–Trinajstić information content (AvgIpc) is 3.47. The number of rotatable bonds is 6. The molecular weight excluding hydrogens is 452 g/mol. The highest BCUT2D eigenvalue weighted by Gasteiger charge is 2.14. The highest BCUT2D eigenvalue weighted by Crippen LogP contribution is 2.36. The number of para-hydroxylation sites is 1. The standard InChI is InChI=1S/C25H20N4O4S/c1-31-22-10-16(11-23(32-2)24(22)30)13-27-29-19(21-12-17-6-3-4-8-20(17)33-21)15-34-25(29)28-18-7-5-9-26-14-18/h3-15,30H,1-2H3. The van der Waals surface area contributed by atoms with E-state index in [2.05, 4.69) is 4.98 Å². The Morgan fingerprint density at radius 3 is 2.56 bits per heavy atom. The van der Waals surface area contributed by atoms with Gasteiger partial charge in [-0.3, -0.25) is 4.98 Å². The number of nitrogens with zero attached hydrogens (tertiary/aromatic N) is 4. The highest BCUT2D eigenvalue weighted by atomic mass is 32.1. The number of hydrogen-bond acceptors (Lipinski definition) is 8. The highest BCUT2D eigenvalue weighted by molar-refractivity contribution is 7.07. The quantitative estimate of drug-likeness (QED) is 0.343. The summed E-state index contributed by atoms with van der Waals surface area (Å²) in [5.41, 5.74) is 2.92. The Balaban J connectivity index is 1.65. The minimum Gasteiger partial charge on any atom is -0.502 e. The molecule has 34 heavy (non-hydrogen) atoms. The molecule has 3 heterocycles. The number of furan rings is 1. The van der Waals surface area contributed by atoms with Crippen LogP contribution in [0, 0.1) is 0 Å². The van der Waals surface area contributed by atoms with Crippen molar-refractivity contribution >= 4 is 34.2 Å². The number of phenolic OH excluding ortho intramolecular Hbond substituents is 1. The number of ether oxygens (including phenoxy) is 2. The molecule has 0 unspecified atom stereocenters. The average molecular weight is 473 g/mol. The van der Waals surface area contributed by atoms with Gasteiger partial charge >= 0.3 is 0 Å². The molecule has 0 spiro atoms. The van der Waals surface area contributed by atoms with E-state index in [1.165, 1.54) is 25.6 Å². The fraction of sp³-hybridized carbons (Fsp3) is 0.0800. The second-order valence-corrected chi connectivity index (χ2v) is 8.04. The Morgan fingerprint density at radius 1 is 1.06 bits per heavy atom. The van der Waals surface area contributed by atoms with Gasteiger partial charge in [0.2, 0.25) is 10.6 Å². The predicted octanol–water partition coefficient (Wildman–Crippen LogP) is 5.20. The number of hydrogen-bond donors (Lipinski definition) is 1. The third kappa shape index (κ3) is 4.16. The number of benzene rings is 2. The summed E-state index contributed by atoms with van der Waals surface area (Å²) in [5, 5.41) is 17.8. The van der Waals surface area contributed by atoms with E-state index >= 15 is 0 Å². The number of methoxy groups -OCH3 is 2. The van der Waals surface area contributed by atoms with Crippen molar-refractivity contribution in [3.8, 4) is 28.7 Å². The molecule has 0 radical (unpaired) electrons. The second kappa shape index (κ2) is 9.24. The van der Waals surface area contributed by atoms with Crippen molar-refractivity contribution in [2.45, 2.75) is 0 Å². The monoisotopic (exact) mass is 472 g/mol. The molecule has 0 saturated carbocycles. The largest absolute Gasteiger partial charge is 0.502 e. The van der Waals surface area contributed by atoms with Crippen LogP contribution in [0.3, 0.4) is 0 Å². The summed E-state index contributed by atoms with van der Waals surface area (Å²) in [6.07, 6.45) is 5.03. The molecule has 170 valence electrons. The number of fused-ring (bicyclic) bond motifs is 1. The van der Waals surface area contributed by atoms with Crippen LogP contribution in [0.5, 0.6) is 17.2 Å². The van der Waals surface area contributed by atoms with Crippen molar-refractivity contribution in [3.05, 3.63) is 82.7 Å². The summed E-state index contributed by atoms with van der Waals surface area (Å²) in [7, 11) is 2.96. The van der Waals surface area contributed by atoms with Gasteiger partial charge in [-0.2, -0.15) is 5.10 Å². The van der Waals surface area contributed by atoms with E-state index in [0.29, 0.717) is 21.8 Å². The SMILES string of the molecule is COc1cc(C=Nn2c(-c3cc4ccccc4o3)csc2=Nc2cccnc2)cc(OC)c1O. The summed E-state index contributed by atoms with van der Waals surface area (Å²) in [6, 6.07) is 16.9. The molecule has 0 fully saturated rings. The summed E-state index contributed by atoms with van der Waals surface area (Å²) in [5.74, 6) is 1.17. The maximum Gasteiger partial charge on any atom is 0.211 e. The molecule has 0 aliphatic heterocycles. The first-order valence-corrected chi connectivity index (χ1v) is 11.2. The van der Waals surface area contributed by atoms with Gasteiger partial charge < -0.3 is 19.0 Å². The molecule has 0 saturated heterocycles. The lowest BCUT2D eigenvalue weighted by Gasteiger charge is -2.09. The van der Waals surface area contributed by atoms with Gasteiger partial charge in [0.05, 0.1) is 32.3 Å². The zero-order valence-corrected chi connectivity index (χ0v) is 19.2. The fourth-order valence-corrected chi connectivity index (χ4v) is 4.25. The molecule has 0 bridgehead atoms. The summed E-state index contributed by atoms with van der Waals surface area (Å²) in [6.45, 7) is 0. The van der Waals surface area contributed by atoms with Crippen molar-refractivity contribution < 1.29 is 19.0 Å². The number of thiazole rings is 1. The van der Waals surface area contributed by atoms with Crippen molar-refractivity contribution in [3.63, 3.8) is 0 Å². The molecule has 3 aromatic heterocycles. The van der Waals surface area contributed by atoms with Crippen LogP contribution in [0.15, 0.2) is 86.9 Å². The Hall–Kier alpha value is -4.37. The third-order valence-corrected chi connectivity index (χ3v) is 5.87. The van der Waals surface area contributed by atoms with Gasteiger partial charge in [-0.05, 0) is 36.4 Å². The van der Waals surface area contributed by atoms with Crippen LogP contribution in [-0.4, -0.2) is 35.2 Å². The van der Waals surface area contributed by atoms with E-state index in [-0.39, 0.29) is 17.2 Å². The second-order valence-electron chi connectivity index (χ2n) is 7.21. The fourth-order valence-electron chi connectivity index (χ4n) is 3.41. The van der Waals surface area contributed by atoms with Gasteiger partial charge in [0.1, 0.15) is 11.3 Å². The molecule has 5 rings (SSSR count). The number of phenols is 1. The molecule has 8 nitrogen and oxygen atoms in total. The normalized spacial score (nSPS) is 12.0. The van der Waals surface area contributed by atoms with E-state index in [0.717, 1.165) is 16.7 Å². The summed E-state index contributed by atoms with van der Waals surface area (Å²) < 4.78 is 18.3. The van der Waals surface area contributed by atoms with Crippen molar-refractivity contribution in [1.29, 1.82) is 0 Å². The molecule has 9 heteroatoms. The van der Waals surface area contributed by atoms with Gasteiger partial charge in [0.25, 0.3) is 0 Å². The number of pyridine rings is 1. The van der Waals surface area contributed by atoms with Crippen LogP contribution in [0.2, 0.25) is 0 Å². The van der Waals surface area contributed by atoms with Crippen LogP contribution in [0.1, 0.15) is 5.56 Å². The zero-order valence-electron chi connectivity index (χ0n) is 18.4. The Bertz CT molecular complexity index is 1490. The van der Waals surface area contributed by atoms with Crippen LogP contribution in [0.4, 0.5) is 5.69 Å². The van der Waals surface area contributed by atoms with E-state index in [1.54, 1.807) is 35.4 Å². The number of aromatic hydroxyl groups is 1. The van der Waals surface area contributed by atoms with Gasteiger partial charge in [-0.15, -0.1) is 11.3 Å². The lowest BCUT2D eigenvalue weighted by atomic mass is 10.2. The first kappa shape index (κ1) is 21.5. The van der Waals surface area contributed by atoms with Crippen molar-refractivity contribution in [1.82, 2.24) is 9.66 Å². The van der Waals surface area contributed by atoms with Gasteiger partial charge in [0, 0.05) is 22.5 Å². The first-order valence-electron chi connectivity index (χ1n) is 10.3. The molecule has 5 aromatic rings. The topological polar surface area (TPSA) is 94.4 Å². The van der Waals surface area contributed by atoms with Crippen molar-refractivity contribution in [2.24, 2.45) is 10.1 Å². The van der Waals surface area contributed by atoms with E-state index in [1.807, 2.05) is 47.8 Å². The van der Waals surface area contributed by atoms with Gasteiger partial charge in [-0.1, -0.05) is 18.2 Å². The lowest BCUT2D eigenvalue weighted by Crippen LogP contribution is -2.11. The Morgan fingerprint density at radius 2 is 1.85 bits per heavy atom. The molecule has 0 aliphatic carbocycles. The summed E-state index contributed by atoms with van der Waals surface area (Å²) in [4.78, 5) is 9.48. The molecule has 0 amide bonds. The first-order chi connectivity index (χ1) is 16.7. The van der Waals surface area contributed by atoms with Crippen LogP contribution < -0.4 is 14.3 Å². The molecule has 0 aliphatic rings. The Kier molecular flexibility index (Phi) is 5.84. The van der Waals surface area contributed by atoms with Crippen molar-refractivity contribution in [2.75, 3.05) is 14.2 Å². The molecule has 1 N–H and O–H groups in total. The number of aromatic nitrogens is 2. The maximum absolute atomic E-state index is 10.2. The molecule has 2 aromatic carbocycles. The minimum absolute atomic E-state index is 0.0689. The Labute approximate surface area is 198 Å². The summed E-state index contributed by atoms with van der Waals surface area (Å²) >= 11 is 1.43. The van der Waals surface area contributed by atoms with Gasteiger partial charge in [-0.25, -0.2) is 9.67 Å². The lowest BCUT2D eigenvalue weighted by molar-refractivity contribution is 0.340. The zero-order chi connectivity index (χ0) is 23.5. The van der Waals surface area contributed by atoms with Crippen LogP contribution >= 0.6 is 11.3 Å². The third-order valence-electron chi connectivity index (χ3n) is 5.06. The molecular formula is C25H20N4O4S. The van der Waals surface area contributed by atoms with Crippen LogP contribution in [-0.2, 0) is 0 Å². The molecule has 0 atom stereocenters. The smallest absolute Gasteiger partial charge is 0.211 e. The minimum atomic E-state index is -0.0689. The van der Waals surface area contributed by atoms with E-state index in [4.69, 9.17) is 24.0 Å². The van der Waals surface area contributed by atoms with E-state index < -0.39 is 0 Å². The van der Waals surface area contributed by atoms with Crippen LogP contribution in [0.25, 0.3) is 22.4 Å². The maximum atomic E-state index is 10.2. The van der Waals surface area contributed by atoms with Gasteiger partial charge in [0.15, 0.2) is 17.3 Å². The van der Waals surface area contributed by atoms with E-state index in [9.17, 15) is 5.11 Å².